The van der Waals surface area contributed by atoms with Gasteiger partial charge in [-0.2, -0.15) is 0 Å². The van der Waals surface area contributed by atoms with E-state index in [2.05, 4.69) is 54.5 Å². The molecule has 2 fully saturated rings. The average Bonchev–Trinajstić information content (AvgIpc) is 3.37. The maximum absolute atomic E-state index is 6.20. The number of hydrogen-bond acceptors (Lipinski definition) is 4. The summed E-state index contributed by atoms with van der Waals surface area (Å²) in [7, 11) is 0. The van der Waals surface area contributed by atoms with Crippen LogP contribution in [0.25, 0.3) is 0 Å². The zero-order valence-corrected chi connectivity index (χ0v) is 17.7. The number of likely N-dealkylation sites (tertiary alicyclic amines) is 1. The molecule has 0 radical (unpaired) electrons. The van der Waals surface area contributed by atoms with Crippen molar-refractivity contribution in [3.05, 3.63) is 29.3 Å². The number of nitrogens with zero attached hydrogens (tertiary/aromatic N) is 2. The first kappa shape index (κ1) is 20.9. The van der Waals surface area contributed by atoms with E-state index in [-0.39, 0.29) is 6.10 Å². The second kappa shape index (κ2) is 10.7. The highest BCUT2D eigenvalue weighted by Gasteiger charge is 2.21. The van der Waals surface area contributed by atoms with Crippen LogP contribution in [-0.4, -0.2) is 62.9 Å². The number of aryl methyl sites for hydroxylation is 1. The number of aliphatic imine (C=N–C) groups is 1. The molecule has 0 aromatic heterocycles. The van der Waals surface area contributed by atoms with Crippen LogP contribution in [0.2, 0.25) is 0 Å². The van der Waals surface area contributed by atoms with Crippen molar-refractivity contribution in [1.29, 1.82) is 0 Å². The number of nitrogens with one attached hydrogen (secondary N) is 2. The maximum atomic E-state index is 6.20. The summed E-state index contributed by atoms with van der Waals surface area (Å²) in [5.41, 5.74) is 2.32. The summed E-state index contributed by atoms with van der Waals surface area (Å²) >= 11 is 0. The van der Waals surface area contributed by atoms with E-state index in [9.17, 15) is 0 Å². The van der Waals surface area contributed by atoms with Crippen LogP contribution in [0.4, 0.5) is 0 Å². The first-order valence-electron chi connectivity index (χ1n) is 10.8. The second-order valence-electron chi connectivity index (χ2n) is 7.84. The molecule has 28 heavy (non-hydrogen) atoms. The van der Waals surface area contributed by atoms with Crippen molar-refractivity contribution in [2.24, 2.45) is 10.9 Å². The van der Waals surface area contributed by atoms with Crippen LogP contribution in [-0.2, 0) is 11.3 Å². The lowest BCUT2D eigenvalue weighted by atomic mass is 10.1. The molecule has 2 aliphatic heterocycles. The van der Waals surface area contributed by atoms with Crippen molar-refractivity contribution in [3.8, 4) is 5.75 Å². The molecular formula is C22H36N4O2. The predicted octanol–water partition coefficient (Wildman–Crippen LogP) is 2.56. The number of benzene rings is 1. The van der Waals surface area contributed by atoms with Crippen molar-refractivity contribution in [2.75, 3.05) is 45.9 Å². The Balaban J connectivity index is 1.60. The summed E-state index contributed by atoms with van der Waals surface area (Å²) in [6, 6.07) is 6.37. The van der Waals surface area contributed by atoms with Crippen molar-refractivity contribution in [1.82, 2.24) is 15.5 Å². The van der Waals surface area contributed by atoms with Crippen LogP contribution in [0.15, 0.2) is 23.2 Å². The van der Waals surface area contributed by atoms with Gasteiger partial charge < -0.3 is 25.0 Å². The number of guanidine groups is 1. The Kier molecular flexibility index (Phi) is 7.98. The minimum absolute atomic E-state index is 0.153. The largest absolute Gasteiger partial charge is 0.488 e. The average molecular weight is 389 g/mol. The highest BCUT2D eigenvalue weighted by molar-refractivity contribution is 5.79. The highest BCUT2D eigenvalue weighted by atomic mass is 16.5. The van der Waals surface area contributed by atoms with E-state index < -0.39 is 0 Å². The molecule has 0 amide bonds. The van der Waals surface area contributed by atoms with Crippen LogP contribution < -0.4 is 15.4 Å². The highest BCUT2D eigenvalue weighted by Crippen LogP contribution is 2.24. The molecule has 0 bridgehead atoms. The van der Waals surface area contributed by atoms with E-state index in [0.717, 1.165) is 49.9 Å². The number of hydrogen-bond donors (Lipinski definition) is 2. The van der Waals surface area contributed by atoms with Gasteiger partial charge in [-0.05, 0) is 50.9 Å². The molecule has 2 atom stereocenters. The third kappa shape index (κ3) is 6.11. The van der Waals surface area contributed by atoms with E-state index in [1.165, 1.54) is 25.1 Å². The van der Waals surface area contributed by atoms with Gasteiger partial charge in [-0.15, -0.1) is 0 Å². The van der Waals surface area contributed by atoms with Crippen LogP contribution in [0, 0.1) is 12.8 Å². The van der Waals surface area contributed by atoms with Gasteiger partial charge in [0.1, 0.15) is 11.9 Å². The van der Waals surface area contributed by atoms with Crippen molar-refractivity contribution < 1.29 is 9.47 Å². The van der Waals surface area contributed by atoms with E-state index in [0.29, 0.717) is 19.1 Å². The van der Waals surface area contributed by atoms with E-state index in [1.807, 2.05) is 0 Å². The van der Waals surface area contributed by atoms with Crippen molar-refractivity contribution in [3.63, 3.8) is 0 Å². The van der Waals surface area contributed by atoms with Gasteiger partial charge in [0.25, 0.3) is 0 Å². The van der Waals surface area contributed by atoms with E-state index in [1.54, 1.807) is 0 Å². The van der Waals surface area contributed by atoms with Gasteiger partial charge in [-0.3, -0.25) is 0 Å². The standard InChI is InChI=1S/C22H36N4O2/c1-4-23-22(24-13-18-8-10-26(5-2)15-18)25-14-19-7-6-17(3)12-21(19)28-20-9-11-27-16-20/h6-7,12,18,20H,4-5,8-11,13-16H2,1-3H3,(H2,23,24,25). The predicted molar refractivity (Wildman–Crippen MR) is 114 cm³/mol. The first-order chi connectivity index (χ1) is 13.7. The van der Waals surface area contributed by atoms with Crippen LogP contribution in [0.3, 0.4) is 0 Å². The zero-order valence-electron chi connectivity index (χ0n) is 17.7. The lowest BCUT2D eigenvalue weighted by Crippen LogP contribution is -2.40. The lowest BCUT2D eigenvalue weighted by Gasteiger charge is -2.17. The van der Waals surface area contributed by atoms with Crippen LogP contribution in [0.1, 0.15) is 37.8 Å². The fourth-order valence-electron chi connectivity index (χ4n) is 3.80. The number of rotatable bonds is 8. The molecule has 1 aromatic carbocycles. The smallest absolute Gasteiger partial charge is 0.191 e. The molecule has 156 valence electrons. The SMILES string of the molecule is CCNC(=NCc1ccc(C)cc1OC1CCOC1)NCC1CCN(CC)C1. The Hall–Kier alpha value is -1.79. The van der Waals surface area contributed by atoms with E-state index in [4.69, 9.17) is 14.5 Å². The minimum Gasteiger partial charge on any atom is -0.488 e. The summed E-state index contributed by atoms with van der Waals surface area (Å²) in [6.45, 7) is 13.9. The Morgan fingerprint density at radius 2 is 2.18 bits per heavy atom. The zero-order chi connectivity index (χ0) is 19.8. The molecule has 2 unspecified atom stereocenters. The summed E-state index contributed by atoms with van der Waals surface area (Å²) < 4.78 is 11.7. The Morgan fingerprint density at radius 3 is 2.89 bits per heavy atom. The third-order valence-electron chi connectivity index (χ3n) is 5.53. The Labute approximate surface area is 169 Å². The molecule has 6 nitrogen and oxygen atoms in total. The Bertz CT molecular complexity index is 643. The topological polar surface area (TPSA) is 58.1 Å². The third-order valence-corrected chi connectivity index (χ3v) is 5.53. The molecule has 2 saturated heterocycles. The molecule has 0 aliphatic carbocycles. The molecule has 2 heterocycles. The Morgan fingerprint density at radius 1 is 1.29 bits per heavy atom. The van der Waals surface area contributed by atoms with Gasteiger partial charge in [-0.1, -0.05) is 19.1 Å². The molecule has 2 N–H and O–H groups in total. The molecule has 3 rings (SSSR count). The van der Waals surface area contributed by atoms with Crippen LogP contribution in [0.5, 0.6) is 5.75 Å². The normalized spacial score (nSPS) is 23.2. The molecule has 6 heteroatoms. The summed E-state index contributed by atoms with van der Waals surface area (Å²) in [4.78, 5) is 7.33. The monoisotopic (exact) mass is 388 g/mol. The van der Waals surface area contributed by atoms with Gasteiger partial charge in [-0.25, -0.2) is 4.99 Å². The fraction of sp³-hybridized carbons (Fsp3) is 0.682. The van der Waals surface area contributed by atoms with E-state index >= 15 is 0 Å². The molecule has 0 spiro atoms. The van der Waals surface area contributed by atoms with Gasteiger partial charge in [0.15, 0.2) is 5.96 Å². The summed E-state index contributed by atoms with van der Waals surface area (Å²) in [5, 5.41) is 6.90. The van der Waals surface area contributed by atoms with Gasteiger partial charge in [0.05, 0.1) is 19.8 Å². The van der Waals surface area contributed by atoms with Gasteiger partial charge in [0, 0.05) is 31.6 Å². The molecule has 1 aromatic rings. The number of ether oxygens (including phenoxy) is 2. The van der Waals surface area contributed by atoms with Crippen molar-refractivity contribution >= 4 is 5.96 Å². The van der Waals surface area contributed by atoms with Gasteiger partial charge >= 0.3 is 0 Å². The minimum atomic E-state index is 0.153. The van der Waals surface area contributed by atoms with Crippen molar-refractivity contribution in [2.45, 2.75) is 46.3 Å². The lowest BCUT2D eigenvalue weighted by molar-refractivity contribution is 0.140. The molecule has 0 saturated carbocycles. The molecule has 2 aliphatic rings. The second-order valence-corrected chi connectivity index (χ2v) is 7.84. The van der Waals surface area contributed by atoms with Gasteiger partial charge in [0.2, 0.25) is 0 Å². The summed E-state index contributed by atoms with van der Waals surface area (Å²) in [6.07, 6.45) is 2.37. The summed E-state index contributed by atoms with van der Waals surface area (Å²) in [5.74, 6) is 2.52. The maximum Gasteiger partial charge on any atom is 0.191 e. The quantitative estimate of drug-likeness (QED) is 0.529. The van der Waals surface area contributed by atoms with Crippen LogP contribution >= 0.6 is 0 Å². The fourth-order valence-corrected chi connectivity index (χ4v) is 3.80. The molecular weight excluding hydrogens is 352 g/mol. The first-order valence-corrected chi connectivity index (χ1v) is 10.8.